The molecule has 0 fully saturated rings. The first-order chi connectivity index (χ1) is 12.2. The summed E-state index contributed by atoms with van der Waals surface area (Å²) in [6.45, 7) is 3.10. The van der Waals surface area contributed by atoms with Crippen LogP contribution in [0.15, 0.2) is 35.1 Å². The van der Waals surface area contributed by atoms with Crippen LogP contribution in [0.1, 0.15) is 24.3 Å². The third-order valence-corrected chi connectivity index (χ3v) is 3.62. The lowest BCUT2D eigenvalue weighted by Crippen LogP contribution is -2.25. The van der Waals surface area contributed by atoms with Gasteiger partial charge in [-0.05, 0) is 23.8 Å². The van der Waals surface area contributed by atoms with E-state index in [4.69, 9.17) is 4.52 Å². The van der Waals surface area contributed by atoms with Crippen LogP contribution in [0.5, 0.6) is 0 Å². The van der Waals surface area contributed by atoms with E-state index in [0.29, 0.717) is 44.1 Å². The molecule has 1 aromatic carbocycles. The highest BCUT2D eigenvalue weighted by Crippen LogP contribution is 2.16. The summed E-state index contributed by atoms with van der Waals surface area (Å²) >= 11 is 0. The van der Waals surface area contributed by atoms with Gasteiger partial charge in [-0.25, -0.2) is 4.68 Å². The topological polar surface area (TPSA) is 112 Å². The number of aryl methyl sites for hydroxylation is 2. The predicted octanol–water partition coefficient (Wildman–Crippen LogP) is 1.17. The number of carbonyl (C=O) groups excluding carboxylic acids is 1. The molecule has 0 saturated heterocycles. The lowest BCUT2D eigenvalue weighted by Gasteiger charge is -2.03. The van der Waals surface area contributed by atoms with E-state index >= 15 is 0 Å². The number of tetrazole rings is 1. The van der Waals surface area contributed by atoms with Gasteiger partial charge in [0.15, 0.2) is 0 Å². The molecule has 0 aliphatic heterocycles. The number of carbonyl (C=O) groups is 1. The lowest BCUT2D eigenvalue weighted by molar-refractivity contribution is -0.121. The van der Waals surface area contributed by atoms with Gasteiger partial charge in [-0.1, -0.05) is 35.0 Å². The van der Waals surface area contributed by atoms with Crippen molar-refractivity contribution in [3.63, 3.8) is 0 Å². The Kier molecular flexibility index (Phi) is 5.45. The van der Waals surface area contributed by atoms with Crippen LogP contribution in [-0.4, -0.2) is 42.8 Å². The molecule has 0 saturated carbocycles. The van der Waals surface area contributed by atoms with E-state index in [1.165, 1.54) is 11.9 Å². The largest absolute Gasteiger partial charge is 0.356 e. The summed E-state index contributed by atoms with van der Waals surface area (Å²) in [6.07, 6.45) is 3.12. The fourth-order valence-corrected chi connectivity index (χ4v) is 2.26. The molecule has 130 valence electrons. The molecule has 25 heavy (non-hydrogen) atoms. The highest BCUT2D eigenvalue weighted by molar-refractivity contribution is 5.75. The molecule has 2 aromatic heterocycles. The van der Waals surface area contributed by atoms with Crippen molar-refractivity contribution in [3.8, 4) is 11.4 Å². The summed E-state index contributed by atoms with van der Waals surface area (Å²) in [5, 5.41) is 17.6. The Bertz CT molecular complexity index is 796. The summed E-state index contributed by atoms with van der Waals surface area (Å²) in [5.74, 6) is 1.04. The molecule has 3 aromatic rings. The van der Waals surface area contributed by atoms with Crippen LogP contribution in [0.4, 0.5) is 0 Å². The van der Waals surface area contributed by atoms with Gasteiger partial charge >= 0.3 is 0 Å². The Morgan fingerprint density at radius 3 is 2.88 bits per heavy atom. The zero-order valence-electron chi connectivity index (χ0n) is 13.9. The molecule has 0 spiro atoms. The minimum Gasteiger partial charge on any atom is -0.356 e. The molecule has 0 radical (unpaired) electrons. The molecule has 0 aliphatic carbocycles. The highest BCUT2D eigenvalue weighted by atomic mass is 16.5. The van der Waals surface area contributed by atoms with Crippen molar-refractivity contribution in [2.24, 2.45) is 0 Å². The number of benzene rings is 1. The maximum Gasteiger partial charge on any atom is 0.228 e. The van der Waals surface area contributed by atoms with E-state index in [9.17, 15) is 4.79 Å². The zero-order valence-corrected chi connectivity index (χ0v) is 13.9. The van der Waals surface area contributed by atoms with E-state index in [1.54, 1.807) is 4.68 Å². The van der Waals surface area contributed by atoms with Gasteiger partial charge in [0.2, 0.25) is 17.6 Å². The monoisotopic (exact) mass is 341 g/mol. The van der Waals surface area contributed by atoms with Gasteiger partial charge in [0.25, 0.3) is 0 Å². The fraction of sp³-hybridized carbons (Fsp3) is 0.375. The Balaban J connectivity index is 1.38. The maximum absolute atomic E-state index is 11.8. The van der Waals surface area contributed by atoms with Crippen LogP contribution in [0.3, 0.4) is 0 Å². The van der Waals surface area contributed by atoms with E-state index < -0.39 is 0 Å². The zero-order chi connectivity index (χ0) is 17.5. The number of aromatic nitrogens is 6. The fourth-order valence-electron chi connectivity index (χ4n) is 2.26. The van der Waals surface area contributed by atoms with Gasteiger partial charge in [-0.15, -0.1) is 5.10 Å². The first-order valence-electron chi connectivity index (χ1n) is 8.08. The van der Waals surface area contributed by atoms with Crippen LogP contribution >= 0.6 is 0 Å². The van der Waals surface area contributed by atoms with Gasteiger partial charge < -0.3 is 9.84 Å². The molecular formula is C16H19N7O2. The van der Waals surface area contributed by atoms with Crippen molar-refractivity contribution >= 4 is 5.91 Å². The molecule has 9 nitrogen and oxygen atoms in total. The minimum atomic E-state index is -0.0219. The Morgan fingerprint density at radius 2 is 2.12 bits per heavy atom. The van der Waals surface area contributed by atoms with Crippen LogP contribution in [0.2, 0.25) is 0 Å². The summed E-state index contributed by atoms with van der Waals surface area (Å²) in [6, 6.07) is 7.91. The van der Waals surface area contributed by atoms with Crippen molar-refractivity contribution in [2.45, 2.75) is 32.7 Å². The first kappa shape index (κ1) is 16.7. The second-order valence-electron chi connectivity index (χ2n) is 5.65. The van der Waals surface area contributed by atoms with Crippen molar-refractivity contribution in [1.29, 1.82) is 0 Å². The Labute approximate surface area is 144 Å². The summed E-state index contributed by atoms with van der Waals surface area (Å²) in [7, 11) is 0. The van der Waals surface area contributed by atoms with E-state index in [1.807, 2.05) is 31.2 Å². The molecule has 0 unspecified atom stereocenters. The smallest absolute Gasteiger partial charge is 0.228 e. The van der Waals surface area contributed by atoms with E-state index in [2.05, 4.69) is 31.0 Å². The third kappa shape index (κ3) is 4.93. The van der Waals surface area contributed by atoms with Gasteiger partial charge in [-0.2, -0.15) is 4.98 Å². The van der Waals surface area contributed by atoms with Gasteiger partial charge in [-0.3, -0.25) is 4.79 Å². The number of nitrogens with one attached hydrogen (secondary N) is 1. The molecular weight excluding hydrogens is 322 g/mol. The summed E-state index contributed by atoms with van der Waals surface area (Å²) in [5.41, 5.74) is 2.09. The van der Waals surface area contributed by atoms with Gasteiger partial charge in [0.1, 0.15) is 6.33 Å². The summed E-state index contributed by atoms with van der Waals surface area (Å²) in [4.78, 5) is 16.1. The van der Waals surface area contributed by atoms with Crippen molar-refractivity contribution in [3.05, 3.63) is 42.0 Å². The van der Waals surface area contributed by atoms with E-state index in [-0.39, 0.29) is 5.91 Å². The van der Waals surface area contributed by atoms with Gasteiger partial charge in [0.05, 0.1) is 0 Å². The molecule has 1 amide bonds. The lowest BCUT2D eigenvalue weighted by atomic mass is 10.1. The average molecular weight is 341 g/mol. The normalized spacial score (nSPS) is 10.8. The maximum atomic E-state index is 11.8. The SMILES string of the molecule is Cc1ccc(-c2noc(CCNC(=O)CCCn3cnnn3)n2)cc1. The quantitative estimate of drug-likeness (QED) is 0.654. The van der Waals surface area contributed by atoms with Crippen LogP contribution in [0.25, 0.3) is 11.4 Å². The molecule has 9 heteroatoms. The number of hydrogen-bond acceptors (Lipinski definition) is 7. The van der Waals surface area contributed by atoms with Crippen molar-refractivity contribution in [1.82, 2.24) is 35.7 Å². The Hall–Kier alpha value is -3.10. The van der Waals surface area contributed by atoms with Gasteiger partial charge in [0, 0.05) is 31.5 Å². The number of nitrogens with zero attached hydrogens (tertiary/aromatic N) is 6. The average Bonchev–Trinajstić information content (AvgIpc) is 3.28. The molecule has 1 N–H and O–H groups in total. The van der Waals surface area contributed by atoms with E-state index in [0.717, 1.165) is 5.56 Å². The molecule has 3 rings (SSSR count). The second-order valence-corrected chi connectivity index (χ2v) is 5.65. The number of hydrogen-bond donors (Lipinski definition) is 1. The van der Waals surface area contributed by atoms with Crippen molar-refractivity contribution < 1.29 is 9.32 Å². The second kappa shape index (κ2) is 8.13. The third-order valence-electron chi connectivity index (χ3n) is 3.62. The molecule has 0 bridgehead atoms. The Morgan fingerprint density at radius 1 is 1.28 bits per heavy atom. The molecule has 0 aliphatic rings. The van der Waals surface area contributed by atoms with Crippen LogP contribution in [0, 0.1) is 6.92 Å². The molecule has 2 heterocycles. The first-order valence-corrected chi connectivity index (χ1v) is 8.08. The molecule has 0 atom stereocenters. The number of rotatable bonds is 8. The predicted molar refractivity (Wildman–Crippen MR) is 88.2 cm³/mol. The van der Waals surface area contributed by atoms with Crippen LogP contribution < -0.4 is 5.32 Å². The number of amides is 1. The standard InChI is InChI=1S/C16H19N7O2/c1-12-4-6-13(7-5-12)16-19-15(25-20-16)8-9-17-14(24)3-2-10-23-11-18-21-22-23/h4-7,11H,2-3,8-10H2,1H3,(H,17,24). The van der Waals surface area contributed by atoms with Crippen LogP contribution in [-0.2, 0) is 17.8 Å². The summed E-state index contributed by atoms with van der Waals surface area (Å²) < 4.78 is 6.82. The minimum absolute atomic E-state index is 0.0219. The van der Waals surface area contributed by atoms with Crippen molar-refractivity contribution in [2.75, 3.05) is 6.54 Å². The highest BCUT2D eigenvalue weighted by Gasteiger charge is 2.09.